The van der Waals surface area contributed by atoms with Crippen LogP contribution in [0.1, 0.15) is 21.5 Å². The van der Waals surface area contributed by atoms with Crippen LogP contribution < -0.4 is 0 Å². The number of carboxylic acids is 1. The number of aliphatic hydroxyl groups is 1. The molecule has 0 atom stereocenters. The molecule has 1 aromatic rings. The van der Waals surface area contributed by atoms with Crippen LogP contribution in [0.4, 0.5) is 4.39 Å². The van der Waals surface area contributed by atoms with Crippen LogP contribution in [0.3, 0.4) is 0 Å². The molecule has 70 valence electrons. The summed E-state index contributed by atoms with van der Waals surface area (Å²) in [6.07, 6.45) is 0. The van der Waals surface area contributed by atoms with Crippen LogP contribution in [-0.4, -0.2) is 16.2 Å². The van der Waals surface area contributed by atoms with Gasteiger partial charge in [0.2, 0.25) is 0 Å². The Morgan fingerprint density at radius 1 is 1.54 bits per heavy atom. The van der Waals surface area contributed by atoms with Gasteiger partial charge in [-0.2, -0.15) is 0 Å². The Hall–Kier alpha value is -1.42. The summed E-state index contributed by atoms with van der Waals surface area (Å²) in [5, 5.41) is 17.3. The van der Waals surface area contributed by atoms with Gasteiger partial charge in [-0.1, -0.05) is 6.07 Å². The summed E-state index contributed by atoms with van der Waals surface area (Å²) in [5.41, 5.74) is 0.222. The number of hydrogen-bond acceptors (Lipinski definition) is 2. The van der Waals surface area contributed by atoms with E-state index in [-0.39, 0.29) is 17.7 Å². The van der Waals surface area contributed by atoms with Crippen molar-refractivity contribution in [1.82, 2.24) is 0 Å². The second kappa shape index (κ2) is 3.53. The van der Waals surface area contributed by atoms with Crippen LogP contribution in [-0.2, 0) is 6.61 Å². The Labute approximate surface area is 74.4 Å². The minimum atomic E-state index is -1.30. The molecule has 0 amide bonds. The molecule has 0 bridgehead atoms. The Morgan fingerprint density at radius 3 is 2.62 bits per heavy atom. The predicted molar refractivity (Wildman–Crippen MR) is 44.0 cm³/mol. The van der Waals surface area contributed by atoms with Gasteiger partial charge in [-0.3, -0.25) is 0 Å². The Kier molecular flexibility index (Phi) is 2.63. The molecule has 0 heterocycles. The normalized spacial score (nSPS) is 10.1. The van der Waals surface area contributed by atoms with E-state index in [2.05, 4.69) is 0 Å². The molecule has 4 heteroatoms. The third-order valence-corrected chi connectivity index (χ3v) is 1.90. The molecule has 0 unspecified atom stereocenters. The lowest BCUT2D eigenvalue weighted by atomic mass is 10.0. The Balaban J connectivity index is 3.31. The lowest BCUT2D eigenvalue weighted by molar-refractivity contribution is 0.0691. The average molecular weight is 184 g/mol. The number of halogens is 1. The highest BCUT2D eigenvalue weighted by molar-refractivity contribution is 5.88. The molecule has 0 radical (unpaired) electrons. The molecule has 0 fully saturated rings. The van der Waals surface area contributed by atoms with E-state index in [1.165, 1.54) is 13.0 Å². The van der Waals surface area contributed by atoms with Gasteiger partial charge in [0.15, 0.2) is 0 Å². The number of carbonyl (C=O) groups is 1. The van der Waals surface area contributed by atoms with Crippen molar-refractivity contribution in [2.75, 3.05) is 0 Å². The Morgan fingerprint density at radius 2 is 2.15 bits per heavy atom. The SMILES string of the molecule is Cc1c(CO)ccc(C(=O)O)c1F. The molecule has 0 spiro atoms. The van der Waals surface area contributed by atoms with E-state index >= 15 is 0 Å². The van der Waals surface area contributed by atoms with Gasteiger partial charge in [-0.15, -0.1) is 0 Å². The minimum Gasteiger partial charge on any atom is -0.478 e. The van der Waals surface area contributed by atoms with E-state index in [0.717, 1.165) is 6.07 Å². The summed E-state index contributed by atoms with van der Waals surface area (Å²) in [5.74, 6) is -2.08. The molecule has 0 saturated carbocycles. The van der Waals surface area contributed by atoms with Crippen molar-refractivity contribution in [3.05, 3.63) is 34.6 Å². The second-order valence-corrected chi connectivity index (χ2v) is 2.67. The highest BCUT2D eigenvalue weighted by Gasteiger charge is 2.13. The molecule has 3 nitrogen and oxygen atoms in total. The van der Waals surface area contributed by atoms with Crippen molar-refractivity contribution in [3.8, 4) is 0 Å². The van der Waals surface area contributed by atoms with Gasteiger partial charge in [0.25, 0.3) is 0 Å². The molecule has 0 aromatic heterocycles. The topological polar surface area (TPSA) is 57.5 Å². The molecule has 0 aliphatic heterocycles. The van der Waals surface area contributed by atoms with Gasteiger partial charge in [0, 0.05) is 0 Å². The van der Waals surface area contributed by atoms with Crippen LogP contribution in [0.15, 0.2) is 12.1 Å². The summed E-state index contributed by atoms with van der Waals surface area (Å²) in [4.78, 5) is 10.5. The molecule has 2 N–H and O–H groups in total. The number of benzene rings is 1. The highest BCUT2D eigenvalue weighted by atomic mass is 19.1. The molecular weight excluding hydrogens is 175 g/mol. The number of carboxylic acid groups (broad SMARTS) is 1. The van der Waals surface area contributed by atoms with Gasteiger partial charge in [-0.25, -0.2) is 9.18 Å². The molecule has 13 heavy (non-hydrogen) atoms. The summed E-state index contributed by atoms with van der Waals surface area (Å²) in [6.45, 7) is 1.15. The highest BCUT2D eigenvalue weighted by Crippen LogP contribution is 2.16. The van der Waals surface area contributed by atoms with Gasteiger partial charge < -0.3 is 10.2 Å². The maximum absolute atomic E-state index is 13.2. The van der Waals surface area contributed by atoms with Crippen molar-refractivity contribution in [2.45, 2.75) is 13.5 Å². The standard InChI is InChI=1S/C9H9FO3/c1-5-6(4-11)2-3-7(8(5)10)9(12)13/h2-3,11H,4H2,1H3,(H,12,13). The molecule has 0 saturated heterocycles. The number of aliphatic hydroxyl groups excluding tert-OH is 1. The zero-order valence-corrected chi connectivity index (χ0v) is 7.04. The van der Waals surface area contributed by atoms with E-state index in [9.17, 15) is 9.18 Å². The first-order valence-corrected chi connectivity index (χ1v) is 3.70. The summed E-state index contributed by atoms with van der Waals surface area (Å²) >= 11 is 0. The molecule has 1 rings (SSSR count). The van der Waals surface area contributed by atoms with Crippen LogP contribution >= 0.6 is 0 Å². The van der Waals surface area contributed by atoms with Crippen molar-refractivity contribution in [2.24, 2.45) is 0 Å². The second-order valence-electron chi connectivity index (χ2n) is 2.67. The molecular formula is C9H9FO3. The predicted octanol–water partition coefficient (Wildman–Crippen LogP) is 1.32. The third-order valence-electron chi connectivity index (χ3n) is 1.90. The minimum absolute atomic E-state index is 0.183. The Bertz CT molecular complexity index is 347. The van der Waals surface area contributed by atoms with Crippen LogP contribution in [0.5, 0.6) is 0 Å². The number of hydrogen-bond donors (Lipinski definition) is 2. The number of aromatic carboxylic acids is 1. The molecule has 0 aliphatic carbocycles. The first kappa shape index (κ1) is 9.67. The first-order chi connectivity index (χ1) is 6.07. The maximum Gasteiger partial charge on any atom is 0.338 e. The van der Waals surface area contributed by atoms with Crippen molar-refractivity contribution in [1.29, 1.82) is 0 Å². The third kappa shape index (κ3) is 1.67. The van der Waals surface area contributed by atoms with Gasteiger partial charge in [0.05, 0.1) is 12.2 Å². The van der Waals surface area contributed by atoms with Crippen LogP contribution in [0.25, 0.3) is 0 Å². The molecule has 1 aromatic carbocycles. The fourth-order valence-electron chi connectivity index (χ4n) is 1.06. The average Bonchev–Trinajstić information content (AvgIpc) is 2.09. The fourth-order valence-corrected chi connectivity index (χ4v) is 1.06. The number of rotatable bonds is 2. The molecule has 0 aliphatic rings. The van der Waals surface area contributed by atoms with E-state index in [1.807, 2.05) is 0 Å². The lowest BCUT2D eigenvalue weighted by Crippen LogP contribution is -2.04. The van der Waals surface area contributed by atoms with Gasteiger partial charge in [0.1, 0.15) is 5.82 Å². The van der Waals surface area contributed by atoms with E-state index in [0.29, 0.717) is 5.56 Å². The van der Waals surface area contributed by atoms with E-state index in [1.54, 1.807) is 0 Å². The largest absolute Gasteiger partial charge is 0.478 e. The maximum atomic E-state index is 13.2. The van der Waals surface area contributed by atoms with Gasteiger partial charge >= 0.3 is 5.97 Å². The van der Waals surface area contributed by atoms with Crippen LogP contribution in [0, 0.1) is 12.7 Å². The van der Waals surface area contributed by atoms with Crippen LogP contribution in [0.2, 0.25) is 0 Å². The zero-order chi connectivity index (χ0) is 10.0. The monoisotopic (exact) mass is 184 g/mol. The first-order valence-electron chi connectivity index (χ1n) is 3.70. The van der Waals surface area contributed by atoms with Crippen molar-refractivity contribution in [3.63, 3.8) is 0 Å². The quantitative estimate of drug-likeness (QED) is 0.728. The lowest BCUT2D eigenvalue weighted by Gasteiger charge is -2.05. The smallest absolute Gasteiger partial charge is 0.338 e. The van der Waals surface area contributed by atoms with E-state index < -0.39 is 11.8 Å². The van der Waals surface area contributed by atoms with Gasteiger partial charge in [-0.05, 0) is 24.1 Å². The van der Waals surface area contributed by atoms with E-state index in [4.69, 9.17) is 10.2 Å². The summed E-state index contributed by atoms with van der Waals surface area (Å²) in [6, 6.07) is 2.55. The van der Waals surface area contributed by atoms with Crippen molar-refractivity contribution >= 4 is 5.97 Å². The summed E-state index contributed by atoms with van der Waals surface area (Å²) in [7, 11) is 0. The fraction of sp³-hybridized carbons (Fsp3) is 0.222. The van der Waals surface area contributed by atoms with Crippen molar-refractivity contribution < 1.29 is 19.4 Å². The summed E-state index contributed by atoms with van der Waals surface area (Å²) < 4.78 is 13.2. The zero-order valence-electron chi connectivity index (χ0n) is 7.04.